The number of rotatable bonds is 3. The van der Waals surface area contributed by atoms with E-state index in [1.165, 1.54) is 0 Å². The van der Waals surface area contributed by atoms with Crippen LogP contribution in [0.25, 0.3) is 10.4 Å². The summed E-state index contributed by atoms with van der Waals surface area (Å²) in [6.45, 7) is 0.535. The lowest BCUT2D eigenvalue weighted by Crippen LogP contribution is -2.59. The highest BCUT2D eigenvalue weighted by atomic mass is 16.6. The third kappa shape index (κ3) is 3.05. The molecule has 0 saturated carbocycles. The van der Waals surface area contributed by atoms with Crippen LogP contribution in [0.3, 0.4) is 0 Å². The van der Waals surface area contributed by atoms with Crippen LogP contribution in [0.15, 0.2) is 5.11 Å². The van der Waals surface area contributed by atoms with Gasteiger partial charge in [0, 0.05) is 11.8 Å². The van der Waals surface area contributed by atoms with Crippen LogP contribution in [0, 0.1) is 0 Å². The second-order valence-corrected chi connectivity index (χ2v) is 3.51. The Kier molecular flexibility index (Phi) is 4.67. The lowest BCUT2D eigenvalue weighted by Gasteiger charge is -2.39. The second kappa shape index (κ2) is 5.80. The molecule has 1 saturated heterocycles. The largest absolute Gasteiger partial charge is 0.457 e. The molecule has 9 nitrogen and oxygen atoms in total. The molecule has 0 aromatic rings. The molecule has 0 aliphatic carbocycles. The maximum atomic E-state index is 10.8. The van der Waals surface area contributed by atoms with Crippen molar-refractivity contribution >= 4 is 5.97 Å². The topological polar surface area (TPSA) is 145 Å². The van der Waals surface area contributed by atoms with Crippen molar-refractivity contribution in [2.45, 2.75) is 37.6 Å². The maximum absolute atomic E-state index is 10.8. The Balaban J connectivity index is 2.90. The van der Waals surface area contributed by atoms with Crippen molar-refractivity contribution in [3.63, 3.8) is 0 Å². The average Bonchev–Trinajstić information content (AvgIpc) is 2.28. The highest BCUT2D eigenvalue weighted by Gasteiger charge is 2.45. The molecule has 0 unspecified atom stereocenters. The van der Waals surface area contributed by atoms with Crippen LogP contribution >= 0.6 is 0 Å². The molecule has 3 N–H and O–H groups in total. The predicted molar refractivity (Wildman–Crippen MR) is 52.5 cm³/mol. The zero-order valence-electron chi connectivity index (χ0n) is 9.00. The quantitative estimate of drug-likeness (QED) is 0.244. The Morgan fingerprint density at radius 2 is 2.18 bits per heavy atom. The van der Waals surface area contributed by atoms with Crippen LogP contribution in [-0.2, 0) is 14.3 Å². The zero-order chi connectivity index (χ0) is 13.0. The van der Waals surface area contributed by atoms with Crippen molar-refractivity contribution in [3.8, 4) is 0 Å². The Labute approximate surface area is 96.2 Å². The number of aliphatic hydroxyl groups excluding tert-OH is 3. The number of ether oxygens (including phenoxy) is 2. The van der Waals surface area contributed by atoms with E-state index in [4.69, 9.17) is 20.1 Å². The van der Waals surface area contributed by atoms with Gasteiger partial charge in [-0.2, -0.15) is 0 Å². The van der Waals surface area contributed by atoms with E-state index in [9.17, 15) is 15.0 Å². The molecule has 1 aliphatic heterocycles. The van der Waals surface area contributed by atoms with Crippen molar-refractivity contribution in [3.05, 3.63) is 10.4 Å². The Morgan fingerprint density at radius 1 is 1.53 bits per heavy atom. The summed E-state index contributed by atoms with van der Waals surface area (Å²) in [7, 11) is 0. The Hall–Kier alpha value is -1.38. The van der Waals surface area contributed by atoms with Gasteiger partial charge in [0.1, 0.15) is 18.3 Å². The van der Waals surface area contributed by atoms with Gasteiger partial charge in [-0.25, -0.2) is 0 Å². The number of carbonyl (C=O) groups is 1. The standard InChI is InChI=1S/C8H13N3O6/c1-3(13)16-7-6(15)5(14)4(2-12)17-8(7)10-11-9/h4-8,12,14-15H,2H2,1H3/t4-,5-,6+,7+,8+/m1/s1. The molecule has 0 aromatic heterocycles. The van der Waals surface area contributed by atoms with Crippen LogP contribution in [0.5, 0.6) is 0 Å². The number of nitrogens with zero attached hydrogens (tertiary/aromatic N) is 3. The Bertz CT molecular complexity index is 331. The molecular formula is C8H13N3O6. The molecule has 5 atom stereocenters. The normalized spacial score (nSPS) is 37.1. The average molecular weight is 247 g/mol. The van der Waals surface area contributed by atoms with Crippen molar-refractivity contribution in [1.82, 2.24) is 0 Å². The minimum absolute atomic E-state index is 0.567. The van der Waals surface area contributed by atoms with Crippen molar-refractivity contribution in [2.75, 3.05) is 6.61 Å². The number of azide groups is 1. The van der Waals surface area contributed by atoms with Crippen LogP contribution < -0.4 is 0 Å². The van der Waals surface area contributed by atoms with Gasteiger partial charge < -0.3 is 24.8 Å². The smallest absolute Gasteiger partial charge is 0.303 e. The van der Waals surface area contributed by atoms with E-state index in [0.717, 1.165) is 6.92 Å². The fourth-order valence-corrected chi connectivity index (χ4v) is 1.53. The maximum Gasteiger partial charge on any atom is 0.303 e. The number of esters is 1. The molecule has 0 spiro atoms. The second-order valence-electron chi connectivity index (χ2n) is 3.51. The van der Waals surface area contributed by atoms with Gasteiger partial charge in [0.25, 0.3) is 0 Å². The highest BCUT2D eigenvalue weighted by Crippen LogP contribution is 2.24. The first-order chi connectivity index (χ1) is 8.01. The number of aliphatic hydroxyl groups is 3. The van der Waals surface area contributed by atoms with E-state index in [-0.39, 0.29) is 0 Å². The van der Waals surface area contributed by atoms with Crippen molar-refractivity contribution in [1.29, 1.82) is 0 Å². The van der Waals surface area contributed by atoms with E-state index < -0.39 is 43.2 Å². The fraction of sp³-hybridized carbons (Fsp3) is 0.875. The van der Waals surface area contributed by atoms with Gasteiger partial charge in [0.2, 0.25) is 0 Å². The highest BCUT2D eigenvalue weighted by molar-refractivity contribution is 5.66. The molecule has 1 heterocycles. The van der Waals surface area contributed by atoms with Gasteiger partial charge in [-0.3, -0.25) is 4.79 Å². The van der Waals surface area contributed by atoms with E-state index in [0.29, 0.717) is 0 Å². The van der Waals surface area contributed by atoms with Crippen LogP contribution in [0.1, 0.15) is 6.92 Å². The van der Waals surface area contributed by atoms with E-state index >= 15 is 0 Å². The summed E-state index contributed by atoms with van der Waals surface area (Å²) >= 11 is 0. The lowest BCUT2D eigenvalue weighted by molar-refractivity contribution is -0.236. The van der Waals surface area contributed by atoms with Gasteiger partial charge in [0.05, 0.1) is 6.61 Å². The first kappa shape index (κ1) is 13.7. The number of hydrogen-bond acceptors (Lipinski definition) is 7. The Morgan fingerprint density at radius 3 is 2.65 bits per heavy atom. The van der Waals surface area contributed by atoms with Gasteiger partial charge in [-0.05, 0) is 5.53 Å². The first-order valence-corrected chi connectivity index (χ1v) is 4.85. The van der Waals surface area contributed by atoms with Gasteiger partial charge in [-0.1, -0.05) is 5.11 Å². The minimum Gasteiger partial charge on any atom is -0.457 e. The van der Waals surface area contributed by atoms with Crippen LogP contribution in [0.4, 0.5) is 0 Å². The summed E-state index contributed by atoms with van der Waals surface area (Å²) in [5.74, 6) is -0.717. The molecule has 96 valence electrons. The third-order valence-corrected chi connectivity index (χ3v) is 2.31. The predicted octanol–water partition coefficient (Wildman–Crippen LogP) is -1.33. The molecule has 0 amide bonds. The minimum atomic E-state index is -1.50. The third-order valence-electron chi connectivity index (χ3n) is 2.31. The number of carbonyl (C=O) groups excluding carboxylic acids is 1. The van der Waals surface area contributed by atoms with Crippen molar-refractivity contribution in [2.24, 2.45) is 5.11 Å². The SMILES string of the molecule is CC(=O)O[C@H]1[C@@H](O)[C@H](O)[C@@H](CO)O[C@@H]1N=[N+]=[N-]. The monoisotopic (exact) mass is 247 g/mol. The molecule has 1 rings (SSSR count). The van der Waals surface area contributed by atoms with Crippen molar-refractivity contribution < 1.29 is 29.6 Å². The summed E-state index contributed by atoms with van der Waals surface area (Å²) in [5.41, 5.74) is 8.31. The van der Waals surface area contributed by atoms with Gasteiger partial charge >= 0.3 is 5.97 Å². The van der Waals surface area contributed by atoms with Crippen LogP contribution in [0.2, 0.25) is 0 Å². The van der Waals surface area contributed by atoms with E-state index in [1.54, 1.807) is 0 Å². The van der Waals surface area contributed by atoms with Crippen LogP contribution in [-0.4, -0.2) is 58.5 Å². The first-order valence-electron chi connectivity index (χ1n) is 4.85. The number of hydrogen-bond donors (Lipinski definition) is 3. The summed E-state index contributed by atoms with van der Waals surface area (Å²) in [5, 5.41) is 31.3. The molecule has 1 aliphatic rings. The summed E-state index contributed by atoms with van der Waals surface area (Å²) in [6.07, 6.45) is -6.64. The van der Waals surface area contributed by atoms with E-state index in [1.807, 2.05) is 0 Å². The lowest BCUT2D eigenvalue weighted by atomic mass is 9.98. The zero-order valence-corrected chi connectivity index (χ0v) is 9.00. The molecule has 0 bridgehead atoms. The summed E-state index contributed by atoms with van der Waals surface area (Å²) in [6, 6.07) is 0. The van der Waals surface area contributed by atoms with Gasteiger partial charge in [-0.15, -0.1) is 0 Å². The van der Waals surface area contributed by atoms with Gasteiger partial charge in [0.15, 0.2) is 12.3 Å². The molecule has 9 heteroatoms. The van der Waals surface area contributed by atoms with E-state index in [2.05, 4.69) is 10.0 Å². The summed E-state index contributed by atoms with van der Waals surface area (Å²) < 4.78 is 9.73. The molecule has 1 fully saturated rings. The fourth-order valence-electron chi connectivity index (χ4n) is 1.53. The molecule has 0 aromatic carbocycles. The molecule has 0 radical (unpaired) electrons. The molecular weight excluding hydrogens is 234 g/mol. The molecule has 17 heavy (non-hydrogen) atoms. The summed E-state index contributed by atoms with van der Waals surface area (Å²) in [4.78, 5) is 13.3.